The smallest absolute Gasteiger partial charge is 0.335 e. The SMILES string of the molecule is CC1CN(C(=O)Nc2ccc(C(=O)O)cc2F)C(C)CO1. The molecule has 0 radical (unpaired) electrons. The average Bonchev–Trinajstić information content (AvgIpc) is 2.43. The average molecular weight is 296 g/mol. The molecule has 2 amide bonds. The number of hydrogen-bond acceptors (Lipinski definition) is 3. The fourth-order valence-electron chi connectivity index (χ4n) is 2.12. The number of urea groups is 1. The van der Waals surface area contributed by atoms with E-state index in [9.17, 15) is 14.0 Å². The van der Waals surface area contributed by atoms with Crippen molar-refractivity contribution >= 4 is 17.7 Å². The highest BCUT2D eigenvalue weighted by atomic mass is 19.1. The number of nitrogens with one attached hydrogen (secondary N) is 1. The molecule has 0 aliphatic carbocycles. The van der Waals surface area contributed by atoms with Gasteiger partial charge < -0.3 is 20.1 Å². The van der Waals surface area contributed by atoms with Gasteiger partial charge >= 0.3 is 12.0 Å². The summed E-state index contributed by atoms with van der Waals surface area (Å²) in [6.45, 7) is 4.54. The van der Waals surface area contributed by atoms with Crippen molar-refractivity contribution in [2.75, 3.05) is 18.5 Å². The maximum atomic E-state index is 13.8. The Morgan fingerprint density at radius 1 is 1.43 bits per heavy atom. The number of aromatic carboxylic acids is 1. The summed E-state index contributed by atoms with van der Waals surface area (Å²) in [7, 11) is 0. The Morgan fingerprint density at radius 2 is 2.14 bits per heavy atom. The second-order valence-electron chi connectivity index (χ2n) is 5.08. The van der Waals surface area contributed by atoms with Crippen LogP contribution in [0, 0.1) is 5.82 Å². The molecule has 2 unspecified atom stereocenters. The van der Waals surface area contributed by atoms with Crippen molar-refractivity contribution in [2.45, 2.75) is 26.0 Å². The van der Waals surface area contributed by atoms with Gasteiger partial charge in [0.2, 0.25) is 0 Å². The van der Waals surface area contributed by atoms with E-state index in [0.29, 0.717) is 13.2 Å². The predicted molar refractivity (Wildman–Crippen MR) is 74.0 cm³/mol. The summed E-state index contributed by atoms with van der Waals surface area (Å²) in [4.78, 5) is 24.5. The molecule has 21 heavy (non-hydrogen) atoms. The number of amides is 2. The van der Waals surface area contributed by atoms with E-state index in [0.717, 1.165) is 6.07 Å². The molecule has 1 aromatic carbocycles. The Bertz CT molecular complexity index is 564. The van der Waals surface area contributed by atoms with Gasteiger partial charge in [0.15, 0.2) is 0 Å². The quantitative estimate of drug-likeness (QED) is 0.876. The zero-order chi connectivity index (χ0) is 15.6. The summed E-state index contributed by atoms with van der Waals surface area (Å²) in [5.74, 6) is -2.00. The number of rotatable bonds is 2. The van der Waals surface area contributed by atoms with Crippen molar-refractivity contribution in [3.63, 3.8) is 0 Å². The van der Waals surface area contributed by atoms with Crippen molar-refractivity contribution in [2.24, 2.45) is 0 Å². The highest BCUT2D eigenvalue weighted by Gasteiger charge is 2.28. The number of carboxylic acids is 1. The van der Waals surface area contributed by atoms with Crippen LogP contribution in [0.1, 0.15) is 24.2 Å². The summed E-state index contributed by atoms with van der Waals surface area (Å²) in [6, 6.07) is 2.82. The van der Waals surface area contributed by atoms with Crippen LogP contribution in [0.5, 0.6) is 0 Å². The first-order valence-corrected chi connectivity index (χ1v) is 6.60. The minimum Gasteiger partial charge on any atom is -0.478 e. The van der Waals surface area contributed by atoms with E-state index in [-0.39, 0.29) is 23.4 Å². The molecule has 114 valence electrons. The second kappa shape index (κ2) is 6.09. The Labute approximate surface area is 121 Å². The monoisotopic (exact) mass is 296 g/mol. The van der Waals surface area contributed by atoms with Crippen LogP contribution >= 0.6 is 0 Å². The molecule has 0 spiro atoms. The second-order valence-corrected chi connectivity index (χ2v) is 5.08. The number of carbonyl (C=O) groups excluding carboxylic acids is 1. The van der Waals surface area contributed by atoms with Crippen molar-refractivity contribution in [3.8, 4) is 0 Å². The van der Waals surface area contributed by atoms with E-state index in [1.165, 1.54) is 12.1 Å². The number of morpholine rings is 1. The Hall–Kier alpha value is -2.15. The maximum absolute atomic E-state index is 13.8. The van der Waals surface area contributed by atoms with Crippen LogP contribution in [-0.2, 0) is 4.74 Å². The number of nitrogens with zero attached hydrogens (tertiary/aromatic N) is 1. The topological polar surface area (TPSA) is 78.9 Å². The van der Waals surface area contributed by atoms with Gasteiger partial charge in [-0.1, -0.05) is 0 Å². The lowest BCUT2D eigenvalue weighted by Crippen LogP contribution is -2.51. The lowest BCUT2D eigenvalue weighted by atomic mass is 10.2. The van der Waals surface area contributed by atoms with Crippen LogP contribution in [0.15, 0.2) is 18.2 Å². The number of carboxylic acid groups (broad SMARTS) is 1. The van der Waals surface area contributed by atoms with Crippen molar-refractivity contribution in [1.29, 1.82) is 0 Å². The largest absolute Gasteiger partial charge is 0.478 e. The molecule has 1 aliphatic rings. The van der Waals surface area contributed by atoms with Crippen molar-refractivity contribution in [3.05, 3.63) is 29.6 Å². The van der Waals surface area contributed by atoms with E-state index in [1.54, 1.807) is 4.90 Å². The summed E-state index contributed by atoms with van der Waals surface area (Å²) in [6.07, 6.45) is -0.0776. The van der Waals surface area contributed by atoms with Gasteiger partial charge in [-0.2, -0.15) is 0 Å². The minimum atomic E-state index is -1.22. The maximum Gasteiger partial charge on any atom is 0.335 e. The van der Waals surface area contributed by atoms with E-state index in [4.69, 9.17) is 9.84 Å². The number of carbonyl (C=O) groups is 2. The number of halogens is 1. The standard InChI is InChI=1S/C14H17FN2O4/c1-8-7-21-9(2)6-17(8)14(20)16-12-4-3-10(13(18)19)5-11(12)15/h3-5,8-9H,6-7H2,1-2H3,(H,16,20)(H,18,19). The van der Waals surface area contributed by atoms with Crippen LogP contribution < -0.4 is 5.32 Å². The number of ether oxygens (including phenoxy) is 1. The predicted octanol–water partition coefficient (Wildman–Crippen LogP) is 2.17. The van der Waals surface area contributed by atoms with Gasteiger partial charge in [0.1, 0.15) is 5.82 Å². The third kappa shape index (κ3) is 3.49. The zero-order valence-electron chi connectivity index (χ0n) is 11.8. The van der Waals surface area contributed by atoms with E-state index < -0.39 is 17.8 Å². The van der Waals surface area contributed by atoms with Crippen LogP contribution in [0.3, 0.4) is 0 Å². The molecule has 2 atom stereocenters. The molecule has 0 bridgehead atoms. The molecule has 2 N–H and O–H groups in total. The third-order valence-electron chi connectivity index (χ3n) is 3.33. The first-order valence-electron chi connectivity index (χ1n) is 6.60. The van der Waals surface area contributed by atoms with Crippen LogP contribution in [0.25, 0.3) is 0 Å². The lowest BCUT2D eigenvalue weighted by molar-refractivity contribution is -0.0296. The minimum absolute atomic E-state index is 0.0451. The van der Waals surface area contributed by atoms with E-state index in [2.05, 4.69) is 5.32 Å². The molecular formula is C14H17FN2O4. The molecule has 7 heteroatoms. The Balaban J connectivity index is 2.10. The molecule has 1 aromatic rings. The fraction of sp³-hybridized carbons (Fsp3) is 0.429. The summed E-state index contributed by atoms with van der Waals surface area (Å²) >= 11 is 0. The van der Waals surface area contributed by atoms with Gasteiger partial charge in [0.25, 0.3) is 0 Å². The van der Waals surface area contributed by atoms with E-state index >= 15 is 0 Å². The van der Waals surface area contributed by atoms with Crippen molar-refractivity contribution in [1.82, 2.24) is 4.90 Å². The van der Waals surface area contributed by atoms with Gasteiger partial charge in [-0.05, 0) is 32.0 Å². The summed E-state index contributed by atoms with van der Waals surface area (Å²) in [5.41, 5.74) is -0.213. The number of benzene rings is 1. The van der Waals surface area contributed by atoms with Crippen LogP contribution in [0.2, 0.25) is 0 Å². The Morgan fingerprint density at radius 3 is 2.76 bits per heavy atom. The zero-order valence-corrected chi connectivity index (χ0v) is 11.8. The van der Waals surface area contributed by atoms with Gasteiger partial charge in [0.05, 0.1) is 30.0 Å². The van der Waals surface area contributed by atoms with Crippen molar-refractivity contribution < 1.29 is 23.8 Å². The van der Waals surface area contributed by atoms with Crippen LogP contribution in [0.4, 0.5) is 14.9 Å². The first-order chi connectivity index (χ1) is 9.88. The van der Waals surface area contributed by atoms with Crippen LogP contribution in [-0.4, -0.2) is 47.3 Å². The number of anilines is 1. The van der Waals surface area contributed by atoms with Gasteiger partial charge in [-0.25, -0.2) is 14.0 Å². The molecule has 0 aromatic heterocycles. The molecule has 1 fully saturated rings. The first kappa shape index (κ1) is 15.2. The van der Waals surface area contributed by atoms with Gasteiger partial charge in [-0.15, -0.1) is 0 Å². The van der Waals surface area contributed by atoms with Gasteiger partial charge in [0, 0.05) is 6.54 Å². The molecular weight excluding hydrogens is 279 g/mol. The molecule has 6 nitrogen and oxygen atoms in total. The molecule has 0 saturated carbocycles. The summed E-state index contributed by atoms with van der Waals surface area (Å²) < 4.78 is 19.2. The van der Waals surface area contributed by atoms with E-state index in [1.807, 2.05) is 13.8 Å². The highest BCUT2D eigenvalue weighted by Crippen LogP contribution is 2.18. The Kier molecular flexibility index (Phi) is 4.42. The molecule has 1 saturated heterocycles. The number of hydrogen-bond donors (Lipinski definition) is 2. The van der Waals surface area contributed by atoms with Gasteiger partial charge in [-0.3, -0.25) is 0 Å². The molecule has 2 rings (SSSR count). The summed E-state index contributed by atoms with van der Waals surface area (Å²) in [5, 5.41) is 11.2. The highest BCUT2D eigenvalue weighted by molar-refractivity contribution is 5.92. The lowest BCUT2D eigenvalue weighted by Gasteiger charge is -2.36. The normalized spacial score (nSPS) is 22.0. The molecule has 1 aliphatic heterocycles. The fourth-order valence-corrected chi connectivity index (χ4v) is 2.12. The third-order valence-corrected chi connectivity index (χ3v) is 3.33. The molecule has 1 heterocycles.